The number of hydrogen-bond acceptors (Lipinski definition) is 3. The lowest BCUT2D eigenvalue weighted by Gasteiger charge is -2.15. The molecule has 0 aromatic heterocycles. The van der Waals surface area contributed by atoms with Gasteiger partial charge in [-0.3, -0.25) is 9.78 Å². The van der Waals surface area contributed by atoms with Gasteiger partial charge in [-0.25, -0.2) is 4.79 Å². The zero-order chi connectivity index (χ0) is 10.4. The number of fused-ring (bicyclic) bond motifs is 1. The van der Waals surface area contributed by atoms with Crippen molar-refractivity contribution in [2.24, 2.45) is 0 Å². The highest BCUT2D eigenvalue weighted by atomic mass is 17.2. The lowest BCUT2D eigenvalue weighted by atomic mass is 10.0. The van der Waals surface area contributed by atoms with Crippen LogP contribution in [0.2, 0.25) is 0 Å². The number of carboxylic acid groups (broad SMARTS) is 1. The second-order valence-electron chi connectivity index (χ2n) is 3.29. The number of rotatable bonds is 1. The van der Waals surface area contributed by atoms with Crippen LogP contribution in [0.15, 0.2) is 30.3 Å². The van der Waals surface area contributed by atoms with E-state index < -0.39 is 5.97 Å². The van der Waals surface area contributed by atoms with Gasteiger partial charge in [0.2, 0.25) is 0 Å². The van der Waals surface area contributed by atoms with Gasteiger partial charge in [-0.05, 0) is 30.3 Å². The normalized spacial score (nSPS) is 12.3. The average molecular weight is 202 g/mol. The third kappa shape index (κ3) is 1.05. The Hall–Kier alpha value is -2.23. The summed E-state index contributed by atoms with van der Waals surface area (Å²) in [5.41, 5.74) is 0.269. The molecule has 1 heterocycles. The largest absolute Gasteiger partial charge is 0.478 e. The molecule has 0 fully saturated rings. The van der Waals surface area contributed by atoms with E-state index in [1.807, 2.05) is 0 Å². The van der Waals surface area contributed by atoms with E-state index in [2.05, 4.69) is 0 Å². The maximum absolute atomic E-state index is 11.0. The average Bonchev–Trinajstić information content (AvgIpc) is 2.27. The first-order valence-electron chi connectivity index (χ1n) is 4.40. The Morgan fingerprint density at radius 2 is 1.93 bits per heavy atom. The van der Waals surface area contributed by atoms with E-state index in [9.17, 15) is 4.79 Å². The first kappa shape index (κ1) is 8.11. The van der Waals surface area contributed by atoms with Crippen molar-refractivity contribution in [3.8, 4) is 11.5 Å². The second-order valence-corrected chi connectivity index (χ2v) is 3.29. The minimum absolute atomic E-state index is 0.269. The van der Waals surface area contributed by atoms with Crippen LogP contribution in [0.3, 0.4) is 0 Å². The molecule has 0 saturated carbocycles. The van der Waals surface area contributed by atoms with E-state index >= 15 is 0 Å². The van der Waals surface area contributed by atoms with E-state index in [1.54, 1.807) is 24.3 Å². The monoisotopic (exact) mass is 202 g/mol. The van der Waals surface area contributed by atoms with E-state index in [1.165, 1.54) is 6.07 Å². The topological polar surface area (TPSA) is 55.8 Å². The number of carboxylic acids is 1. The Labute approximate surface area is 84.6 Å². The molecular weight excluding hydrogens is 196 g/mol. The number of benzene rings is 2. The Balaban J connectivity index is 2.45. The van der Waals surface area contributed by atoms with Crippen LogP contribution in [0.25, 0.3) is 10.8 Å². The van der Waals surface area contributed by atoms with Crippen molar-refractivity contribution in [2.75, 3.05) is 0 Å². The molecule has 2 aromatic rings. The lowest BCUT2D eigenvalue weighted by Crippen LogP contribution is -2.07. The van der Waals surface area contributed by atoms with Gasteiger partial charge in [-0.1, -0.05) is 0 Å². The highest BCUT2D eigenvalue weighted by Gasteiger charge is 2.17. The molecule has 0 amide bonds. The van der Waals surface area contributed by atoms with Crippen LogP contribution in [0.1, 0.15) is 10.4 Å². The van der Waals surface area contributed by atoms with Crippen LogP contribution in [-0.2, 0) is 0 Å². The van der Waals surface area contributed by atoms with Gasteiger partial charge in [0.25, 0.3) is 0 Å². The summed E-state index contributed by atoms with van der Waals surface area (Å²) in [6.45, 7) is 0. The Bertz CT molecular complexity index is 574. The van der Waals surface area contributed by atoms with Crippen molar-refractivity contribution in [1.82, 2.24) is 0 Å². The molecule has 15 heavy (non-hydrogen) atoms. The molecular formula is C11H6O4. The molecule has 1 N–H and O–H groups in total. The standard InChI is InChI=1S/C11H6O4/c12-11(13)8-3-4-10-9-5-6(14-15-10)1-2-7(8)9/h1-5H,(H,12,13). The quantitative estimate of drug-likeness (QED) is 0.720. The van der Waals surface area contributed by atoms with E-state index in [4.69, 9.17) is 14.9 Å². The van der Waals surface area contributed by atoms with Crippen LogP contribution < -0.4 is 9.78 Å². The Morgan fingerprint density at radius 3 is 2.73 bits per heavy atom. The number of aromatic carboxylic acids is 1. The minimum Gasteiger partial charge on any atom is -0.478 e. The third-order valence-corrected chi connectivity index (χ3v) is 2.41. The van der Waals surface area contributed by atoms with Gasteiger partial charge in [0, 0.05) is 10.8 Å². The summed E-state index contributed by atoms with van der Waals surface area (Å²) in [5.74, 6) is 0.182. The van der Waals surface area contributed by atoms with Crippen LogP contribution in [0.5, 0.6) is 11.5 Å². The Kier molecular flexibility index (Phi) is 1.42. The zero-order valence-corrected chi connectivity index (χ0v) is 7.56. The molecule has 0 radical (unpaired) electrons. The zero-order valence-electron chi connectivity index (χ0n) is 7.56. The summed E-state index contributed by atoms with van der Waals surface area (Å²) in [6.07, 6.45) is 0. The summed E-state index contributed by atoms with van der Waals surface area (Å²) in [7, 11) is 0. The summed E-state index contributed by atoms with van der Waals surface area (Å²) >= 11 is 0. The highest BCUT2D eigenvalue weighted by molar-refractivity contribution is 6.06. The minimum atomic E-state index is -0.944. The molecule has 0 spiro atoms. The van der Waals surface area contributed by atoms with Gasteiger partial charge < -0.3 is 5.11 Å². The summed E-state index contributed by atoms with van der Waals surface area (Å²) in [4.78, 5) is 20.9. The fourth-order valence-electron chi connectivity index (χ4n) is 1.70. The van der Waals surface area contributed by atoms with Gasteiger partial charge in [0.15, 0.2) is 11.5 Å². The van der Waals surface area contributed by atoms with Gasteiger partial charge >= 0.3 is 5.97 Å². The molecule has 0 atom stereocenters. The van der Waals surface area contributed by atoms with Crippen molar-refractivity contribution < 1.29 is 19.7 Å². The van der Waals surface area contributed by atoms with Crippen LogP contribution >= 0.6 is 0 Å². The molecule has 1 aliphatic heterocycles. The van der Waals surface area contributed by atoms with Crippen LogP contribution in [0, 0.1) is 0 Å². The second kappa shape index (κ2) is 2.63. The van der Waals surface area contributed by atoms with Gasteiger partial charge in [-0.15, -0.1) is 0 Å². The van der Waals surface area contributed by atoms with Crippen molar-refractivity contribution >= 4 is 16.7 Å². The Morgan fingerprint density at radius 1 is 1.07 bits per heavy atom. The molecule has 0 unspecified atom stereocenters. The number of carbonyl (C=O) groups is 1. The summed E-state index contributed by atoms with van der Waals surface area (Å²) in [6, 6.07) is 8.27. The maximum atomic E-state index is 11.0. The van der Waals surface area contributed by atoms with Crippen molar-refractivity contribution in [2.45, 2.75) is 0 Å². The first-order valence-corrected chi connectivity index (χ1v) is 4.40. The fourth-order valence-corrected chi connectivity index (χ4v) is 1.70. The SMILES string of the molecule is O=C(O)c1ccc2c3cc(ccc13)OO2. The van der Waals surface area contributed by atoms with Gasteiger partial charge in [-0.2, -0.15) is 0 Å². The lowest BCUT2D eigenvalue weighted by molar-refractivity contribution is -0.101. The predicted octanol–water partition coefficient (Wildman–Crippen LogP) is 2.22. The van der Waals surface area contributed by atoms with Gasteiger partial charge in [0.05, 0.1) is 5.56 Å². The predicted molar refractivity (Wildman–Crippen MR) is 52.2 cm³/mol. The molecule has 1 aliphatic rings. The molecule has 4 nitrogen and oxygen atoms in total. The van der Waals surface area contributed by atoms with Crippen LogP contribution in [0.4, 0.5) is 0 Å². The molecule has 0 aliphatic carbocycles. The summed E-state index contributed by atoms with van der Waals surface area (Å²) < 4.78 is 0. The van der Waals surface area contributed by atoms with Gasteiger partial charge in [0.1, 0.15) is 0 Å². The maximum Gasteiger partial charge on any atom is 0.336 e. The summed E-state index contributed by atoms with van der Waals surface area (Å²) in [5, 5.41) is 10.4. The molecule has 2 aromatic carbocycles. The van der Waals surface area contributed by atoms with E-state index in [0.717, 1.165) is 5.39 Å². The molecule has 3 rings (SSSR count). The van der Waals surface area contributed by atoms with E-state index in [-0.39, 0.29) is 5.56 Å². The third-order valence-electron chi connectivity index (χ3n) is 2.41. The molecule has 4 heteroatoms. The molecule has 74 valence electrons. The molecule has 2 bridgehead atoms. The van der Waals surface area contributed by atoms with Crippen molar-refractivity contribution in [3.63, 3.8) is 0 Å². The highest BCUT2D eigenvalue weighted by Crippen LogP contribution is 2.35. The smallest absolute Gasteiger partial charge is 0.336 e. The van der Waals surface area contributed by atoms with Crippen molar-refractivity contribution in [1.29, 1.82) is 0 Å². The first-order chi connectivity index (χ1) is 7.25. The van der Waals surface area contributed by atoms with Crippen LogP contribution in [-0.4, -0.2) is 11.1 Å². The van der Waals surface area contributed by atoms with E-state index in [0.29, 0.717) is 16.9 Å². The fraction of sp³-hybridized carbons (Fsp3) is 0. The van der Waals surface area contributed by atoms with Crippen molar-refractivity contribution in [3.05, 3.63) is 35.9 Å². The number of hydrogen-bond donors (Lipinski definition) is 1. The molecule has 0 saturated heterocycles.